The first-order valence-electron chi connectivity index (χ1n) is 4.98. The lowest BCUT2D eigenvalue weighted by Gasteiger charge is -2.36. The highest BCUT2D eigenvalue weighted by Gasteiger charge is 2.39. The summed E-state index contributed by atoms with van der Waals surface area (Å²) in [6, 6.07) is -0.636. The second-order valence-corrected chi connectivity index (χ2v) is 5.38. The minimum atomic E-state index is -3.64. The maximum absolute atomic E-state index is 11.1. The zero-order valence-electron chi connectivity index (χ0n) is 9.81. The van der Waals surface area contributed by atoms with Gasteiger partial charge in [0.15, 0.2) is 6.29 Å². The lowest BCUT2D eigenvalue weighted by atomic mass is 10.0. The molecule has 9 heteroatoms. The fourth-order valence-corrected chi connectivity index (χ4v) is 2.38. The molecule has 0 saturated carbocycles. The van der Waals surface area contributed by atoms with E-state index in [0.29, 0.717) is 0 Å². The fourth-order valence-electron chi connectivity index (χ4n) is 1.69. The smallest absolute Gasteiger partial charge is 0.264 e. The van der Waals surface area contributed by atoms with Crippen molar-refractivity contribution in [1.29, 1.82) is 0 Å². The fraction of sp³-hybridized carbons (Fsp3) is 1.00. The van der Waals surface area contributed by atoms with Crippen molar-refractivity contribution in [2.24, 2.45) is 5.11 Å². The molecule has 0 N–H and O–H groups in total. The number of hydrogen-bond acceptors (Lipinski definition) is 6. The number of hydrogen-bond donors (Lipinski definition) is 0. The van der Waals surface area contributed by atoms with E-state index in [1.807, 2.05) is 0 Å². The van der Waals surface area contributed by atoms with Crippen LogP contribution < -0.4 is 0 Å². The molecule has 4 atom stereocenters. The van der Waals surface area contributed by atoms with Crippen molar-refractivity contribution >= 4 is 10.1 Å². The second kappa shape index (κ2) is 5.65. The van der Waals surface area contributed by atoms with Crippen molar-refractivity contribution < 1.29 is 22.1 Å². The third-order valence-corrected chi connectivity index (χ3v) is 2.96. The Balaban J connectivity index is 2.87. The molecule has 0 aliphatic carbocycles. The molecule has 1 heterocycles. The zero-order valence-corrected chi connectivity index (χ0v) is 10.6. The summed E-state index contributed by atoms with van der Waals surface area (Å²) in [6.07, 6.45) is -0.702. The van der Waals surface area contributed by atoms with E-state index in [2.05, 4.69) is 10.0 Å². The van der Waals surface area contributed by atoms with E-state index in [9.17, 15) is 8.42 Å². The molecule has 0 amide bonds. The van der Waals surface area contributed by atoms with Crippen LogP contribution in [0.5, 0.6) is 0 Å². The molecule has 1 aliphatic rings. The lowest BCUT2D eigenvalue weighted by molar-refractivity contribution is -0.206. The van der Waals surface area contributed by atoms with Crippen molar-refractivity contribution in [3.63, 3.8) is 0 Å². The van der Waals surface area contributed by atoms with Gasteiger partial charge in [-0.3, -0.25) is 4.18 Å². The number of rotatable bonds is 4. The van der Waals surface area contributed by atoms with Crippen molar-refractivity contribution in [2.75, 3.05) is 13.4 Å². The highest BCUT2D eigenvalue weighted by Crippen LogP contribution is 2.26. The van der Waals surface area contributed by atoms with E-state index in [-0.39, 0.29) is 6.42 Å². The first kappa shape index (κ1) is 14.2. The predicted octanol–water partition coefficient (Wildman–Crippen LogP) is 0.791. The van der Waals surface area contributed by atoms with E-state index in [1.54, 1.807) is 6.92 Å². The number of nitrogens with zero attached hydrogens (tertiary/aromatic N) is 3. The summed E-state index contributed by atoms with van der Waals surface area (Å²) >= 11 is 0. The number of ether oxygens (including phenoxy) is 2. The Labute approximate surface area is 99.6 Å². The van der Waals surface area contributed by atoms with Gasteiger partial charge in [-0.25, -0.2) is 0 Å². The Hall–Kier alpha value is -0.860. The summed E-state index contributed by atoms with van der Waals surface area (Å²) in [5.74, 6) is 0. The average Bonchev–Trinajstić information content (AvgIpc) is 2.21. The maximum Gasteiger partial charge on any atom is 0.264 e. The third kappa shape index (κ3) is 4.14. The van der Waals surface area contributed by atoms with Crippen LogP contribution in [0.25, 0.3) is 10.4 Å². The first-order chi connectivity index (χ1) is 7.87. The molecule has 0 bridgehead atoms. The van der Waals surface area contributed by atoms with Gasteiger partial charge in [0.1, 0.15) is 6.10 Å². The van der Waals surface area contributed by atoms with E-state index in [0.717, 1.165) is 6.26 Å². The minimum absolute atomic E-state index is 0.255. The largest absolute Gasteiger partial charge is 0.356 e. The van der Waals surface area contributed by atoms with Gasteiger partial charge in [0.25, 0.3) is 10.1 Å². The standard InChI is InChI=1S/C8H15N3O5S/c1-5-8(16-17(3,12)13)6(10-11-9)4-7(14-2)15-5/h5-8H,4H2,1-3H3/t5-,6+,7+,8-/m0/s1. The predicted molar refractivity (Wildman–Crippen MR) is 58.6 cm³/mol. The molecule has 1 aliphatic heterocycles. The maximum atomic E-state index is 11.1. The van der Waals surface area contributed by atoms with Crippen LogP contribution in [0.15, 0.2) is 5.11 Å². The quantitative estimate of drug-likeness (QED) is 0.323. The molecule has 0 radical (unpaired) electrons. The minimum Gasteiger partial charge on any atom is -0.356 e. The summed E-state index contributed by atoms with van der Waals surface area (Å²) in [5.41, 5.74) is 8.45. The van der Waals surface area contributed by atoms with Gasteiger partial charge < -0.3 is 9.47 Å². The molecule has 1 saturated heterocycles. The van der Waals surface area contributed by atoms with Gasteiger partial charge in [-0.2, -0.15) is 8.42 Å². The molecule has 0 aromatic heterocycles. The van der Waals surface area contributed by atoms with Crippen LogP contribution >= 0.6 is 0 Å². The van der Waals surface area contributed by atoms with Gasteiger partial charge in [-0.1, -0.05) is 5.11 Å². The van der Waals surface area contributed by atoms with E-state index < -0.39 is 34.7 Å². The van der Waals surface area contributed by atoms with Gasteiger partial charge in [0, 0.05) is 18.4 Å². The van der Waals surface area contributed by atoms with E-state index in [4.69, 9.17) is 19.2 Å². The number of azide groups is 1. The van der Waals surface area contributed by atoms with Crippen LogP contribution in [0.3, 0.4) is 0 Å². The summed E-state index contributed by atoms with van der Waals surface area (Å²) in [7, 11) is -2.18. The van der Waals surface area contributed by atoms with Crippen LogP contribution in [0.2, 0.25) is 0 Å². The van der Waals surface area contributed by atoms with Crippen molar-refractivity contribution in [3.8, 4) is 0 Å². The van der Waals surface area contributed by atoms with Crippen LogP contribution in [0, 0.1) is 0 Å². The topological polar surface area (TPSA) is 111 Å². The monoisotopic (exact) mass is 265 g/mol. The van der Waals surface area contributed by atoms with Crippen LogP contribution in [-0.4, -0.2) is 46.3 Å². The molecule has 1 fully saturated rings. The molecule has 0 aromatic rings. The molecule has 98 valence electrons. The molecular weight excluding hydrogens is 250 g/mol. The Kier molecular flexibility index (Phi) is 4.72. The molecular formula is C8H15N3O5S. The summed E-state index contributed by atoms with van der Waals surface area (Å²) in [5, 5.41) is 3.53. The van der Waals surface area contributed by atoms with Gasteiger partial charge in [-0.05, 0) is 12.5 Å². The van der Waals surface area contributed by atoms with Gasteiger partial charge in [-0.15, -0.1) is 0 Å². The highest BCUT2D eigenvalue weighted by atomic mass is 32.2. The Morgan fingerprint density at radius 3 is 2.65 bits per heavy atom. The Bertz CT molecular complexity index is 405. The molecule has 1 rings (SSSR count). The Morgan fingerprint density at radius 1 is 1.53 bits per heavy atom. The summed E-state index contributed by atoms with van der Waals surface area (Å²) in [6.45, 7) is 1.64. The number of methoxy groups -OCH3 is 1. The summed E-state index contributed by atoms with van der Waals surface area (Å²) < 4.78 is 37.5. The first-order valence-corrected chi connectivity index (χ1v) is 6.79. The zero-order chi connectivity index (χ0) is 13.1. The highest BCUT2D eigenvalue weighted by molar-refractivity contribution is 7.86. The molecule has 0 aromatic carbocycles. The molecule has 17 heavy (non-hydrogen) atoms. The molecule has 8 nitrogen and oxygen atoms in total. The van der Waals surface area contributed by atoms with Crippen LogP contribution in [-0.2, 0) is 23.8 Å². The van der Waals surface area contributed by atoms with Gasteiger partial charge in [0.05, 0.1) is 18.4 Å². The van der Waals surface area contributed by atoms with Crippen LogP contribution in [0.1, 0.15) is 13.3 Å². The molecule has 0 spiro atoms. The normalized spacial score (nSPS) is 34.1. The van der Waals surface area contributed by atoms with E-state index in [1.165, 1.54) is 7.11 Å². The lowest BCUT2D eigenvalue weighted by Crippen LogP contribution is -2.48. The van der Waals surface area contributed by atoms with Crippen molar-refractivity contribution in [3.05, 3.63) is 10.4 Å². The van der Waals surface area contributed by atoms with Crippen molar-refractivity contribution in [2.45, 2.75) is 37.9 Å². The second-order valence-electron chi connectivity index (χ2n) is 3.78. The van der Waals surface area contributed by atoms with Crippen molar-refractivity contribution in [1.82, 2.24) is 0 Å². The summed E-state index contributed by atoms with van der Waals surface area (Å²) in [4.78, 5) is 2.68. The van der Waals surface area contributed by atoms with Crippen LogP contribution in [0.4, 0.5) is 0 Å². The third-order valence-electron chi connectivity index (χ3n) is 2.39. The van der Waals surface area contributed by atoms with E-state index >= 15 is 0 Å². The molecule has 0 unspecified atom stereocenters. The van der Waals surface area contributed by atoms with Gasteiger partial charge >= 0.3 is 0 Å². The average molecular weight is 265 g/mol. The van der Waals surface area contributed by atoms with Gasteiger partial charge in [0.2, 0.25) is 0 Å². The SMILES string of the molecule is CO[C@H]1C[C@@H](N=[N+]=[N-])[C@@H](OS(C)(=O)=O)[C@H](C)O1. The Morgan fingerprint density at radius 2 is 2.18 bits per heavy atom.